The van der Waals surface area contributed by atoms with Crippen LogP contribution in [0.15, 0.2) is 71.3 Å². The summed E-state index contributed by atoms with van der Waals surface area (Å²) in [6, 6.07) is 4.95. The zero-order valence-corrected chi connectivity index (χ0v) is 50.4. The van der Waals surface area contributed by atoms with Crippen molar-refractivity contribution in [2.75, 3.05) is 27.9 Å². The van der Waals surface area contributed by atoms with E-state index < -0.39 is 94.0 Å². The smallest absolute Gasteiger partial charge is 0.296 e. The summed E-state index contributed by atoms with van der Waals surface area (Å²) in [7, 11) is 0.764. The third-order valence-corrected chi connectivity index (χ3v) is 18.9. The van der Waals surface area contributed by atoms with E-state index >= 15 is 0 Å². The highest BCUT2D eigenvalue weighted by Crippen LogP contribution is 2.40. The molecule has 17 atom stereocenters. The first-order valence-corrected chi connectivity index (χ1v) is 30.8. The Morgan fingerprint density at radius 1 is 0.873 bits per heavy atom. The van der Waals surface area contributed by atoms with Gasteiger partial charge in [-0.15, -0.1) is 5.10 Å². The molecule has 2 bridgehead atoms. The Morgan fingerprint density at radius 2 is 1.59 bits per heavy atom. The molecule has 19 nitrogen and oxygen atoms in total. The number of carbonyl (C=O) groups excluding carboxylic acids is 4. The summed E-state index contributed by atoms with van der Waals surface area (Å²) >= 11 is 2.28. The zero-order chi connectivity index (χ0) is 57.9. The van der Waals surface area contributed by atoms with Crippen molar-refractivity contribution in [3.63, 3.8) is 0 Å². The Bertz CT molecular complexity index is 2580. The molecule has 1 aliphatic carbocycles. The second kappa shape index (κ2) is 29.1. The number of primary sulfonamides is 1. The molecule has 4 unspecified atom stereocenters. The zero-order valence-electron chi connectivity index (χ0n) is 47.4. The predicted molar refractivity (Wildman–Crippen MR) is 305 cm³/mol. The molecule has 6 rings (SSSR count). The number of aliphatic hydroxyl groups excluding tert-OH is 2. The highest BCUT2D eigenvalue weighted by molar-refractivity contribution is 14.1. The quantitative estimate of drug-likeness (QED) is 0.112. The summed E-state index contributed by atoms with van der Waals surface area (Å²) in [6.45, 7) is 11.1. The van der Waals surface area contributed by atoms with Gasteiger partial charge in [0, 0.05) is 68.0 Å². The summed E-state index contributed by atoms with van der Waals surface area (Å²) < 4.78 is 55.9. The molecule has 0 radical (unpaired) electrons. The van der Waals surface area contributed by atoms with Crippen molar-refractivity contribution in [1.29, 1.82) is 0 Å². The SMILES string of the molecule is CO[C@H]1C[C@@H]2CC[C@@H](C)[C@@](O)(O2)C(=O)C(=O)N2CCCCC2C(O)O[C@H]([C@H](C)CC2CC[C@H](n3cc(-c4ccc(S(N)(=O)=O)cc4)nn3)[C@H](OC)C2)CC(=O)[C@H](C)CC(C)[C@@H](O)[C@@H](OC)C(=O)[C@H](C)C[C@H](I)/C=C/C=C/C=C/1C. The molecule has 1 saturated carbocycles. The van der Waals surface area contributed by atoms with Gasteiger partial charge in [-0.05, 0) is 113 Å². The molecule has 0 spiro atoms. The molecule has 3 aliphatic heterocycles. The van der Waals surface area contributed by atoms with Gasteiger partial charge in [0.1, 0.15) is 17.6 Å². The Morgan fingerprint density at radius 3 is 2.27 bits per heavy atom. The number of alkyl halides is 1. The van der Waals surface area contributed by atoms with Gasteiger partial charge in [-0.2, -0.15) is 0 Å². The van der Waals surface area contributed by atoms with Gasteiger partial charge in [-0.1, -0.05) is 105 Å². The summed E-state index contributed by atoms with van der Waals surface area (Å²) in [4.78, 5) is 58.5. The summed E-state index contributed by atoms with van der Waals surface area (Å²) in [5, 5.41) is 50.0. The van der Waals surface area contributed by atoms with Crippen LogP contribution in [-0.2, 0) is 52.9 Å². The summed E-state index contributed by atoms with van der Waals surface area (Å²) in [5.74, 6) is -7.43. The van der Waals surface area contributed by atoms with Gasteiger partial charge in [-0.3, -0.25) is 19.2 Å². The monoisotopic (exact) mass is 1240 g/mol. The Balaban J connectivity index is 1.25. The number of ether oxygens (including phenoxy) is 5. The molecule has 4 aliphatic rings. The minimum absolute atomic E-state index is 0.0122. The van der Waals surface area contributed by atoms with Crippen molar-refractivity contribution >= 4 is 55.9 Å². The Hall–Kier alpha value is -3.62. The maximum atomic E-state index is 14.5. The van der Waals surface area contributed by atoms with E-state index in [1.807, 2.05) is 51.2 Å². The van der Waals surface area contributed by atoms with Crippen LogP contribution < -0.4 is 5.14 Å². The highest BCUT2D eigenvalue weighted by atomic mass is 127. The van der Waals surface area contributed by atoms with Gasteiger partial charge < -0.3 is 43.9 Å². The van der Waals surface area contributed by atoms with Crippen molar-refractivity contribution in [2.24, 2.45) is 40.6 Å². The Kier molecular flexibility index (Phi) is 23.8. The number of Topliss-reactive ketones (excluding diaryl/α,β-unsaturated/α-hetero) is 3. The molecule has 4 heterocycles. The number of nitrogens with zero attached hydrogens (tertiary/aromatic N) is 4. The number of carbonyl (C=O) groups is 4. The predicted octanol–water partition coefficient (Wildman–Crippen LogP) is 7.01. The van der Waals surface area contributed by atoms with Crippen molar-refractivity contribution in [3.8, 4) is 11.3 Å². The van der Waals surface area contributed by atoms with Crippen molar-refractivity contribution in [2.45, 2.75) is 195 Å². The van der Waals surface area contributed by atoms with E-state index in [4.69, 9.17) is 28.8 Å². The van der Waals surface area contributed by atoms with Gasteiger partial charge in [0.2, 0.25) is 15.8 Å². The molecule has 1 amide bonds. The fourth-order valence-electron chi connectivity index (χ4n) is 12.0. The number of nitrogens with two attached hydrogens (primary N) is 1. The van der Waals surface area contributed by atoms with Crippen molar-refractivity contribution < 1.29 is 66.6 Å². The minimum Gasteiger partial charge on any atom is -0.390 e. The average molecular weight is 1240 g/mol. The molecule has 3 fully saturated rings. The van der Waals surface area contributed by atoms with Crippen LogP contribution in [0.4, 0.5) is 0 Å². The average Bonchev–Trinajstić information content (AvgIpc) is 4.00. The number of fused-ring (bicyclic) bond motifs is 3. The number of aromatic nitrogens is 3. The van der Waals surface area contributed by atoms with Gasteiger partial charge in [0.25, 0.3) is 11.7 Å². The van der Waals surface area contributed by atoms with Crippen LogP contribution in [0, 0.1) is 35.5 Å². The number of amides is 1. The van der Waals surface area contributed by atoms with E-state index in [2.05, 4.69) is 32.9 Å². The topological polar surface area (TPSA) is 269 Å². The third kappa shape index (κ3) is 16.6. The normalized spacial score (nSPS) is 36.9. The van der Waals surface area contributed by atoms with Gasteiger partial charge in [0.15, 0.2) is 12.1 Å². The van der Waals surface area contributed by atoms with E-state index in [1.54, 1.807) is 58.0 Å². The highest BCUT2D eigenvalue weighted by Gasteiger charge is 2.53. The van der Waals surface area contributed by atoms with Crippen LogP contribution in [0.2, 0.25) is 0 Å². The number of rotatable bonds is 9. The van der Waals surface area contributed by atoms with E-state index in [1.165, 1.54) is 24.1 Å². The van der Waals surface area contributed by atoms with Crippen LogP contribution in [0.1, 0.15) is 131 Å². The number of halogens is 1. The Labute approximate surface area is 480 Å². The number of hydrogen-bond acceptors (Lipinski definition) is 16. The van der Waals surface area contributed by atoms with Crippen molar-refractivity contribution in [1.82, 2.24) is 19.9 Å². The standard InChI is InChI=1S/C58H86IN5O14S/c1-34-15-11-10-12-16-42(59)29-38(5)53(67)54(76-9)52(66)37(4)27-35(2)48(65)32-50(77-57(70)47-17-13-14-26-63(47)56(69)55(68)58(71)39(6)18-22-43(78-58)31-49(34)74-7)36(3)28-40-19-25-46(51(30-40)75-8)64-33-45(61-62-64)41-20-23-44(24-21-41)79(60,72)73/h10-12,15-16,20-21,23-24,33,35-40,42-43,46-47,49-52,54,57,66,70-71H,13-14,17-19,22,25-32H2,1-9H3,(H2,60,72,73)/b11-10+,16-12+,34-15+/t35-,36-,37?,38-,39-,40?,42-,43+,46+,47?,49+,50+,51-,52-,54-,57?,58-/m1/s1. The fraction of sp³-hybridized carbons (Fsp3) is 0.690. The number of methoxy groups -OCH3 is 3. The number of ketones is 3. The minimum atomic E-state index is -3.87. The van der Waals surface area contributed by atoms with Gasteiger partial charge >= 0.3 is 0 Å². The lowest BCUT2D eigenvalue weighted by molar-refractivity contribution is -0.266. The number of allylic oxidation sites excluding steroid dienone is 5. The van der Waals surface area contributed by atoms with E-state index in [9.17, 15) is 42.9 Å². The number of hydrogen-bond donors (Lipinski definition) is 4. The molecule has 21 heteroatoms. The second-order valence-corrected chi connectivity index (χ2v) is 26.0. The number of benzene rings is 1. The van der Waals surface area contributed by atoms with Crippen LogP contribution in [-0.4, -0.2) is 153 Å². The van der Waals surface area contributed by atoms with Crippen LogP contribution in [0.25, 0.3) is 11.3 Å². The van der Waals surface area contributed by atoms with E-state index in [0.29, 0.717) is 75.5 Å². The molecule has 440 valence electrons. The van der Waals surface area contributed by atoms with E-state index in [0.717, 1.165) is 12.0 Å². The molecule has 2 aromatic rings. The number of piperidine rings is 1. The van der Waals surface area contributed by atoms with Gasteiger partial charge in [-0.25, -0.2) is 18.2 Å². The lowest BCUT2D eigenvalue weighted by Gasteiger charge is -2.44. The lowest BCUT2D eigenvalue weighted by atomic mass is 9.77. The van der Waals surface area contributed by atoms with Crippen LogP contribution >= 0.6 is 22.6 Å². The third-order valence-electron chi connectivity index (χ3n) is 17.1. The first-order valence-electron chi connectivity index (χ1n) is 28.0. The molecule has 1 aromatic carbocycles. The number of aliphatic hydroxyl groups is 3. The van der Waals surface area contributed by atoms with Crippen LogP contribution in [0.3, 0.4) is 0 Å². The maximum Gasteiger partial charge on any atom is 0.296 e. The molecule has 5 N–H and O–H groups in total. The maximum absolute atomic E-state index is 14.5. The summed E-state index contributed by atoms with van der Waals surface area (Å²) in [6.07, 6.45) is 11.3. The molecule has 1 aromatic heterocycles. The number of sulfonamides is 1. The molecular weight excluding hydrogens is 1150 g/mol. The van der Waals surface area contributed by atoms with E-state index in [-0.39, 0.29) is 63.8 Å². The van der Waals surface area contributed by atoms with Gasteiger partial charge in [0.05, 0.1) is 53.7 Å². The first kappa shape index (κ1) is 64.5. The second-order valence-electron chi connectivity index (χ2n) is 22.9. The molecular formula is C58H86IN5O14S. The molecule has 79 heavy (non-hydrogen) atoms. The summed E-state index contributed by atoms with van der Waals surface area (Å²) in [5.41, 5.74) is 2.10. The van der Waals surface area contributed by atoms with Crippen molar-refractivity contribution in [3.05, 3.63) is 66.4 Å². The fourth-order valence-corrected chi connectivity index (χ4v) is 13.5. The lowest BCUT2D eigenvalue weighted by Crippen LogP contribution is -2.61. The molecule has 2 saturated heterocycles. The first-order chi connectivity index (χ1) is 37.4. The van der Waals surface area contributed by atoms with Crippen LogP contribution in [0.5, 0.6) is 0 Å². The largest absolute Gasteiger partial charge is 0.390 e.